The highest BCUT2D eigenvalue weighted by Gasteiger charge is 2.32. The van der Waals surface area contributed by atoms with Crippen LogP contribution in [0.25, 0.3) is 0 Å². The predicted octanol–water partition coefficient (Wildman–Crippen LogP) is 2.46. The molecule has 1 aliphatic carbocycles. The fraction of sp³-hybridized carbons (Fsp3) is 0.688. The van der Waals surface area contributed by atoms with Crippen molar-refractivity contribution >= 4 is 0 Å². The highest BCUT2D eigenvalue weighted by Crippen LogP contribution is 2.35. The molecule has 0 spiro atoms. The van der Waals surface area contributed by atoms with Gasteiger partial charge in [-0.25, -0.2) is 0 Å². The third kappa shape index (κ3) is 3.77. The van der Waals surface area contributed by atoms with Gasteiger partial charge in [0.2, 0.25) is 0 Å². The molecule has 1 heterocycles. The lowest BCUT2D eigenvalue weighted by molar-refractivity contribution is 0.0927. The minimum absolute atomic E-state index is 0.139. The van der Waals surface area contributed by atoms with Crippen LogP contribution in [0.3, 0.4) is 0 Å². The normalized spacial score (nSPS) is 19.2. The molecular formula is C16H27N3. The summed E-state index contributed by atoms with van der Waals surface area (Å²) in [6.07, 6.45) is 8.29. The van der Waals surface area contributed by atoms with Crippen molar-refractivity contribution in [3.63, 3.8) is 0 Å². The highest BCUT2D eigenvalue weighted by molar-refractivity contribution is 5.04. The summed E-state index contributed by atoms with van der Waals surface area (Å²) in [5, 5.41) is 0. The maximum Gasteiger partial charge on any atom is 0.0416 e. The monoisotopic (exact) mass is 261 g/mol. The number of likely N-dealkylation sites (N-methyl/N-ethyl adjacent to an activating group) is 1. The molecule has 0 amide bonds. The van der Waals surface area contributed by atoms with E-state index in [9.17, 15) is 0 Å². The lowest BCUT2D eigenvalue weighted by Gasteiger charge is -2.42. The number of aromatic nitrogens is 1. The van der Waals surface area contributed by atoms with E-state index in [0.717, 1.165) is 31.1 Å². The number of nitrogens with zero attached hydrogens (tertiary/aromatic N) is 2. The quantitative estimate of drug-likeness (QED) is 0.820. The van der Waals surface area contributed by atoms with Crippen molar-refractivity contribution < 1.29 is 0 Å². The first-order valence-corrected chi connectivity index (χ1v) is 7.45. The average Bonchev–Trinajstić information content (AvgIpc) is 2.41. The Hall–Kier alpha value is -0.930. The molecule has 1 unspecified atom stereocenters. The number of rotatable bonds is 7. The molecule has 1 aliphatic rings. The van der Waals surface area contributed by atoms with E-state index in [1.54, 1.807) is 0 Å². The Balaban J connectivity index is 1.86. The first-order valence-electron chi connectivity index (χ1n) is 7.45. The Morgan fingerprint density at radius 3 is 2.74 bits per heavy atom. The molecule has 1 fully saturated rings. The molecule has 0 aliphatic heterocycles. The van der Waals surface area contributed by atoms with Gasteiger partial charge in [-0.3, -0.25) is 9.88 Å². The maximum atomic E-state index is 6.05. The number of nitrogens with two attached hydrogens (primary N) is 1. The van der Waals surface area contributed by atoms with E-state index in [2.05, 4.69) is 36.0 Å². The summed E-state index contributed by atoms with van der Waals surface area (Å²) in [4.78, 5) is 6.82. The molecule has 19 heavy (non-hydrogen) atoms. The Kier molecular flexibility index (Phi) is 4.94. The second-order valence-electron chi connectivity index (χ2n) is 6.19. The summed E-state index contributed by atoms with van der Waals surface area (Å²) in [5.41, 5.74) is 7.35. The summed E-state index contributed by atoms with van der Waals surface area (Å²) in [6, 6.07) is 6.12. The predicted molar refractivity (Wildman–Crippen MR) is 80.0 cm³/mol. The minimum atomic E-state index is 0.139. The molecule has 3 heteroatoms. The molecule has 0 bridgehead atoms. The van der Waals surface area contributed by atoms with E-state index in [0.29, 0.717) is 0 Å². The van der Waals surface area contributed by atoms with Gasteiger partial charge in [0.05, 0.1) is 0 Å². The zero-order valence-corrected chi connectivity index (χ0v) is 12.3. The van der Waals surface area contributed by atoms with Gasteiger partial charge in [0, 0.05) is 36.9 Å². The van der Waals surface area contributed by atoms with Gasteiger partial charge in [-0.1, -0.05) is 25.3 Å². The largest absolute Gasteiger partial charge is 0.329 e. The number of hydrogen-bond acceptors (Lipinski definition) is 3. The van der Waals surface area contributed by atoms with Crippen LogP contribution in [0.1, 0.15) is 38.3 Å². The zero-order valence-electron chi connectivity index (χ0n) is 12.3. The molecule has 1 atom stereocenters. The van der Waals surface area contributed by atoms with Crippen LogP contribution in [0.5, 0.6) is 0 Å². The van der Waals surface area contributed by atoms with Crippen molar-refractivity contribution in [3.05, 3.63) is 30.1 Å². The van der Waals surface area contributed by atoms with Crippen molar-refractivity contribution in [1.82, 2.24) is 9.88 Å². The maximum absolute atomic E-state index is 6.05. The van der Waals surface area contributed by atoms with E-state index >= 15 is 0 Å². The van der Waals surface area contributed by atoms with Crippen LogP contribution in [-0.4, -0.2) is 35.6 Å². The molecule has 2 rings (SSSR count). The number of hydrogen-bond donors (Lipinski definition) is 1. The first kappa shape index (κ1) is 14.5. The van der Waals surface area contributed by atoms with Crippen molar-refractivity contribution in [2.24, 2.45) is 11.7 Å². The summed E-state index contributed by atoms with van der Waals surface area (Å²) < 4.78 is 0. The van der Waals surface area contributed by atoms with Crippen LogP contribution < -0.4 is 5.73 Å². The van der Waals surface area contributed by atoms with Gasteiger partial charge in [0.1, 0.15) is 0 Å². The van der Waals surface area contributed by atoms with Gasteiger partial charge in [-0.05, 0) is 38.4 Å². The topological polar surface area (TPSA) is 42.2 Å². The lowest BCUT2D eigenvalue weighted by atomic mass is 9.76. The van der Waals surface area contributed by atoms with Gasteiger partial charge in [-0.15, -0.1) is 0 Å². The molecular weight excluding hydrogens is 234 g/mol. The molecule has 1 aromatic heterocycles. The van der Waals surface area contributed by atoms with Gasteiger partial charge in [0.15, 0.2) is 0 Å². The van der Waals surface area contributed by atoms with Crippen LogP contribution in [0.15, 0.2) is 24.4 Å². The second-order valence-corrected chi connectivity index (χ2v) is 6.19. The van der Waals surface area contributed by atoms with E-state index in [-0.39, 0.29) is 5.54 Å². The molecule has 3 nitrogen and oxygen atoms in total. The summed E-state index contributed by atoms with van der Waals surface area (Å²) in [6.45, 7) is 4.07. The third-order valence-electron chi connectivity index (χ3n) is 4.74. The Morgan fingerprint density at radius 2 is 2.21 bits per heavy atom. The molecule has 1 aromatic rings. The molecule has 2 N–H and O–H groups in total. The zero-order chi connectivity index (χ0) is 13.7. The van der Waals surface area contributed by atoms with E-state index in [1.807, 2.05) is 12.3 Å². The summed E-state index contributed by atoms with van der Waals surface area (Å²) in [7, 11) is 2.20. The molecule has 0 saturated heterocycles. The second kappa shape index (κ2) is 6.49. The average molecular weight is 261 g/mol. The highest BCUT2D eigenvalue weighted by atomic mass is 15.2. The Labute approximate surface area is 117 Å². The van der Waals surface area contributed by atoms with Crippen LogP contribution >= 0.6 is 0 Å². The van der Waals surface area contributed by atoms with Gasteiger partial charge < -0.3 is 5.73 Å². The number of pyridine rings is 1. The smallest absolute Gasteiger partial charge is 0.0416 e. The fourth-order valence-corrected chi connectivity index (χ4v) is 2.81. The van der Waals surface area contributed by atoms with E-state index in [4.69, 9.17) is 5.73 Å². The third-order valence-corrected chi connectivity index (χ3v) is 4.74. The standard InChI is InChI=1S/C16H27N3/c1-16(13-17,12-14-6-5-7-14)19(2)11-9-15-8-3-4-10-18-15/h3-4,8,10,14H,5-7,9,11-13,17H2,1-2H3. The molecule has 0 radical (unpaired) electrons. The van der Waals surface area contributed by atoms with E-state index in [1.165, 1.54) is 25.7 Å². The van der Waals surface area contributed by atoms with Crippen molar-refractivity contribution in [3.8, 4) is 0 Å². The Bertz CT molecular complexity index is 375. The van der Waals surface area contributed by atoms with E-state index < -0.39 is 0 Å². The Morgan fingerprint density at radius 1 is 1.42 bits per heavy atom. The lowest BCUT2D eigenvalue weighted by Crippen LogP contribution is -2.52. The SMILES string of the molecule is CN(CCc1ccccn1)C(C)(CN)CC1CCC1. The summed E-state index contributed by atoms with van der Waals surface area (Å²) in [5.74, 6) is 0.894. The van der Waals surface area contributed by atoms with Gasteiger partial charge >= 0.3 is 0 Å². The molecule has 1 saturated carbocycles. The first-order chi connectivity index (χ1) is 9.14. The van der Waals surface area contributed by atoms with Crippen LogP contribution in [0.2, 0.25) is 0 Å². The van der Waals surface area contributed by atoms with Crippen LogP contribution in [-0.2, 0) is 6.42 Å². The fourth-order valence-electron chi connectivity index (χ4n) is 2.81. The van der Waals surface area contributed by atoms with Crippen LogP contribution in [0.4, 0.5) is 0 Å². The molecule has 106 valence electrons. The van der Waals surface area contributed by atoms with Crippen molar-refractivity contribution in [2.45, 2.75) is 44.6 Å². The summed E-state index contributed by atoms with van der Waals surface area (Å²) >= 11 is 0. The van der Waals surface area contributed by atoms with Crippen LogP contribution in [0, 0.1) is 5.92 Å². The van der Waals surface area contributed by atoms with Crippen molar-refractivity contribution in [1.29, 1.82) is 0 Å². The van der Waals surface area contributed by atoms with Crippen molar-refractivity contribution in [2.75, 3.05) is 20.1 Å². The van der Waals surface area contributed by atoms with Gasteiger partial charge in [0.25, 0.3) is 0 Å². The van der Waals surface area contributed by atoms with Gasteiger partial charge in [-0.2, -0.15) is 0 Å². The minimum Gasteiger partial charge on any atom is -0.329 e. The molecule has 0 aromatic carbocycles.